The Hall–Kier alpha value is -0.160. The molecule has 0 saturated carbocycles. The van der Waals surface area contributed by atoms with Gasteiger partial charge in [-0.2, -0.15) is 0 Å². The van der Waals surface area contributed by atoms with Gasteiger partial charge in [-0.3, -0.25) is 0 Å². The van der Waals surface area contributed by atoms with E-state index in [0.29, 0.717) is 12.6 Å². The molecule has 0 amide bonds. The fourth-order valence-corrected chi connectivity index (χ4v) is 1.66. The molecule has 0 aromatic heterocycles. The molecule has 16 heavy (non-hydrogen) atoms. The smallest absolute Gasteiger partial charge is 0.0895 e. The molecular formula is C12H28N2O2. The highest BCUT2D eigenvalue weighted by atomic mass is 16.3. The van der Waals surface area contributed by atoms with Crippen molar-refractivity contribution in [2.24, 2.45) is 0 Å². The van der Waals surface area contributed by atoms with Gasteiger partial charge in [0, 0.05) is 12.6 Å². The topological polar surface area (TPSA) is 55.7 Å². The van der Waals surface area contributed by atoms with Crippen LogP contribution in [-0.4, -0.2) is 60.0 Å². The van der Waals surface area contributed by atoms with Crippen LogP contribution in [0.1, 0.15) is 33.6 Å². The Kier molecular flexibility index (Phi) is 9.92. The second-order valence-corrected chi connectivity index (χ2v) is 4.31. The number of aliphatic hydroxyl groups is 2. The normalized spacial score (nSPS) is 15.4. The fourth-order valence-electron chi connectivity index (χ4n) is 1.66. The summed E-state index contributed by atoms with van der Waals surface area (Å²) in [6, 6.07) is 0.400. The third-order valence-corrected chi connectivity index (χ3v) is 2.92. The number of hydrogen-bond donors (Lipinski definition) is 3. The lowest BCUT2D eigenvalue weighted by atomic mass is 10.1. The van der Waals surface area contributed by atoms with Gasteiger partial charge in [-0.15, -0.1) is 0 Å². The second-order valence-electron chi connectivity index (χ2n) is 4.31. The lowest BCUT2D eigenvalue weighted by Gasteiger charge is -2.20. The largest absolute Gasteiger partial charge is 0.394 e. The molecule has 3 N–H and O–H groups in total. The van der Waals surface area contributed by atoms with Gasteiger partial charge in [-0.05, 0) is 39.4 Å². The van der Waals surface area contributed by atoms with Crippen LogP contribution in [0.2, 0.25) is 0 Å². The van der Waals surface area contributed by atoms with E-state index in [2.05, 4.69) is 31.0 Å². The van der Waals surface area contributed by atoms with Crippen LogP contribution in [0.4, 0.5) is 0 Å². The highest BCUT2D eigenvalue weighted by Gasteiger charge is 2.06. The molecule has 0 bridgehead atoms. The summed E-state index contributed by atoms with van der Waals surface area (Å²) in [6.07, 6.45) is 1.64. The molecule has 0 aromatic rings. The zero-order valence-electron chi connectivity index (χ0n) is 10.9. The van der Waals surface area contributed by atoms with Crippen LogP contribution in [0.5, 0.6) is 0 Å². The van der Waals surface area contributed by atoms with Gasteiger partial charge in [0.1, 0.15) is 0 Å². The van der Waals surface area contributed by atoms with Crippen molar-refractivity contribution in [2.75, 3.05) is 32.8 Å². The van der Waals surface area contributed by atoms with Gasteiger partial charge in [-0.25, -0.2) is 0 Å². The molecule has 4 heteroatoms. The highest BCUT2D eigenvalue weighted by Crippen LogP contribution is 1.99. The Balaban J connectivity index is 3.46. The summed E-state index contributed by atoms with van der Waals surface area (Å²) in [5.74, 6) is 0. The van der Waals surface area contributed by atoms with Crippen molar-refractivity contribution < 1.29 is 10.2 Å². The molecule has 0 rings (SSSR count). The first-order chi connectivity index (χ1) is 7.63. The van der Waals surface area contributed by atoms with Crippen LogP contribution < -0.4 is 5.32 Å². The van der Waals surface area contributed by atoms with Gasteiger partial charge in [-0.1, -0.05) is 13.8 Å². The van der Waals surface area contributed by atoms with E-state index in [0.717, 1.165) is 26.1 Å². The van der Waals surface area contributed by atoms with Gasteiger partial charge in [0.05, 0.1) is 12.7 Å². The summed E-state index contributed by atoms with van der Waals surface area (Å²) >= 11 is 0. The first kappa shape index (κ1) is 15.8. The van der Waals surface area contributed by atoms with E-state index in [9.17, 15) is 5.11 Å². The van der Waals surface area contributed by atoms with Crippen LogP contribution >= 0.6 is 0 Å². The van der Waals surface area contributed by atoms with E-state index in [4.69, 9.17) is 5.11 Å². The van der Waals surface area contributed by atoms with Crippen LogP contribution in [-0.2, 0) is 0 Å². The Morgan fingerprint density at radius 2 is 1.88 bits per heavy atom. The van der Waals surface area contributed by atoms with E-state index < -0.39 is 6.10 Å². The van der Waals surface area contributed by atoms with Crippen molar-refractivity contribution >= 4 is 0 Å². The van der Waals surface area contributed by atoms with Crippen molar-refractivity contribution in [3.63, 3.8) is 0 Å². The van der Waals surface area contributed by atoms with Crippen LogP contribution in [0.3, 0.4) is 0 Å². The Bertz CT molecular complexity index is 152. The van der Waals surface area contributed by atoms with Gasteiger partial charge in [0.25, 0.3) is 0 Å². The molecule has 0 saturated heterocycles. The van der Waals surface area contributed by atoms with E-state index >= 15 is 0 Å². The number of aliphatic hydroxyl groups excluding tert-OH is 2. The highest BCUT2D eigenvalue weighted by molar-refractivity contribution is 4.65. The molecule has 0 aliphatic heterocycles. The summed E-state index contributed by atoms with van der Waals surface area (Å²) in [5.41, 5.74) is 0. The zero-order valence-corrected chi connectivity index (χ0v) is 10.9. The standard InChI is InChI=1S/C12H28N2O2/c1-4-14(5-2)8-6-7-11(3)13-9-12(16)10-15/h11-13,15-16H,4-10H2,1-3H3. The summed E-state index contributed by atoms with van der Waals surface area (Å²) in [6.45, 7) is 10.2. The van der Waals surface area contributed by atoms with E-state index in [1.54, 1.807) is 0 Å². The van der Waals surface area contributed by atoms with Crippen molar-refractivity contribution in [3.8, 4) is 0 Å². The third kappa shape index (κ3) is 8.05. The van der Waals surface area contributed by atoms with E-state index in [1.807, 2.05) is 0 Å². The van der Waals surface area contributed by atoms with Gasteiger partial charge in [0.2, 0.25) is 0 Å². The molecule has 0 aliphatic carbocycles. The summed E-state index contributed by atoms with van der Waals surface area (Å²) in [5, 5.41) is 21.1. The molecule has 2 unspecified atom stereocenters. The number of rotatable bonds is 10. The molecule has 0 radical (unpaired) electrons. The molecule has 0 spiro atoms. The maximum absolute atomic E-state index is 9.18. The lowest BCUT2D eigenvalue weighted by Crippen LogP contribution is -2.36. The molecule has 2 atom stereocenters. The van der Waals surface area contributed by atoms with E-state index in [1.165, 1.54) is 6.42 Å². The Morgan fingerprint density at radius 1 is 1.25 bits per heavy atom. The summed E-state index contributed by atoms with van der Waals surface area (Å²) < 4.78 is 0. The van der Waals surface area contributed by atoms with Crippen molar-refractivity contribution in [1.82, 2.24) is 10.2 Å². The molecule has 98 valence electrons. The predicted molar refractivity (Wildman–Crippen MR) is 67.6 cm³/mol. The zero-order chi connectivity index (χ0) is 12.4. The van der Waals surface area contributed by atoms with Crippen molar-refractivity contribution in [1.29, 1.82) is 0 Å². The minimum atomic E-state index is -0.634. The quantitative estimate of drug-likeness (QED) is 0.511. The molecule has 4 nitrogen and oxygen atoms in total. The van der Waals surface area contributed by atoms with Crippen LogP contribution in [0.15, 0.2) is 0 Å². The SMILES string of the molecule is CCN(CC)CCCC(C)NCC(O)CO. The molecule has 0 aromatic carbocycles. The predicted octanol–water partition coefficient (Wildman–Crippen LogP) is 0.440. The van der Waals surface area contributed by atoms with E-state index in [-0.39, 0.29) is 6.61 Å². The summed E-state index contributed by atoms with van der Waals surface area (Å²) in [4.78, 5) is 2.41. The maximum Gasteiger partial charge on any atom is 0.0895 e. The first-order valence-electron chi connectivity index (χ1n) is 6.38. The minimum absolute atomic E-state index is 0.167. The maximum atomic E-state index is 9.18. The lowest BCUT2D eigenvalue weighted by molar-refractivity contribution is 0.0919. The molecule has 0 heterocycles. The van der Waals surface area contributed by atoms with Gasteiger partial charge in [0.15, 0.2) is 0 Å². The molecule has 0 aliphatic rings. The average molecular weight is 232 g/mol. The van der Waals surface area contributed by atoms with Gasteiger partial charge >= 0.3 is 0 Å². The summed E-state index contributed by atoms with van der Waals surface area (Å²) in [7, 11) is 0. The van der Waals surface area contributed by atoms with Gasteiger partial charge < -0.3 is 20.4 Å². The monoisotopic (exact) mass is 232 g/mol. The van der Waals surface area contributed by atoms with Crippen LogP contribution in [0, 0.1) is 0 Å². The minimum Gasteiger partial charge on any atom is -0.394 e. The Morgan fingerprint density at radius 3 is 2.38 bits per heavy atom. The average Bonchev–Trinajstić information content (AvgIpc) is 2.31. The van der Waals surface area contributed by atoms with Crippen LogP contribution in [0.25, 0.3) is 0 Å². The molecule has 0 fully saturated rings. The Labute approximate surface area is 99.7 Å². The van der Waals surface area contributed by atoms with Crippen molar-refractivity contribution in [2.45, 2.75) is 45.8 Å². The second kappa shape index (κ2) is 10.0. The number of hydrogen-bond acceptors (Lipinski definition) is 4. The first-order valence-corrected chi connectivity index (χ1v) is 6.38. The molecular weight excluding hydrogens is 204 g/mol. The van der Waals surface area contributed by atoms with Crippen molar-refractivity contribution in [3.05, 3.63) is 0 Å². The third-order valence-electron chi connectivity index (χ3n) is 2.92. The number of nitrogens with one attached hydrogen (secondary N) is 1. The number of nitrogens with zero attached hydrogens (tertiary/aromatic N) is 1. The fraction of sp³-hybridized carbons (Fsp3) is 1.00.